The summed E-state index contributed by atoms with van der Waals surface area (Å²) >= 11 is 0. The third-order valence-corrected chi connectivity index (χ3v) is 6.97. The number of carbonyl (C=O) groups excluding carboxylic acids is 2. The Hall–Kier alpha value is -4.13. The van der Waals surface area contributed by atoms with Crippen molar-refractivity contribution < 1.29 is 19.5 Å². The van der Waals surface area contributed by atoms with E-state index in [-0.39, 0.29) is 17.5 Å². The van der Waals surface area contributed by atoms with Crippen molar-refractivity contribution in [1.29, 1.82) is 0 Å². The van der Waals surface area contributed by atoms with Crippen LogP contribution in [0.1, 0.15) is 53.1 Å². The van der Waals surface area contributed by atoms with Gasteiger partial charge in [0.2, 0.25) is 5.91 Å². The Morgan fingerprint density at radius 1 is 0.833 bits per heavy atom. The number of aryl methyl sites for hydroxylation is 1. The van der Waals surface area contributed by atoms with E-state index in [9.17, 15) is 14.4 Å². The minimum absolute atomic E-state index is 0.207. The summed E-state index contributed by atoms with van der Waals surface area (Å²) in [5, 5.41) is 15.0. The second-order valence-electron chi connectivity index (χ2n) is 9.58. The molecular weight excluding hydrogens is 454 g/mol. The Bertz CT molecular complexity index is 1300. The lowest BCUT2D eigenvalue weighted by Gasteiger charge is -2.24. The smallest absolute Gasteiger partial charge is 0.335 e. The molecule has 1 aliphatic heterocycles. The van der Waals surface area contributed by atoms with Crippen LogP contribution >= 0.6 is 0 Å². The van der Waals surface area contributed by atoms with Crippen LogP contribution in [0.4, 0.5) is 16.2 Å². The zero-order valence-electron chi connectivity index (χ0n) is 20.2. The normalized spacial score (nSPS) is 17.0. The highest BCUT2D eigenvalue weighted by Gasteiger charge is 2.34. The molecule has 5 rings (SSSR count). The van der Waals surface area contributed by atoms with Crippen molar-refractivity contribution in [2.45, 2.75) is 44.6 Å². The fraction of sp³-hybridized carbons (Fsp3) is 0.276. The van der Waals surface area contributed by atoms with Crippen LogP contribution in [-0.2, 0) is 4.79 Å². The van der Waals surface area contributed by atoms with Crippen molar-refractivity contribution in [2.24, 2.45) is 0 Å². The van der Waals surface area contributed by atoms with Gasteiger partial charge in [-0.3, -0.25) is 4.79 Å². The zero-order chi connectivity index (χ0) is 25.2. The predicted octanol–water partition coefficient (Wildman–Crippen LogP) is 5.87. The molecule has 0 aromatic heterocycles. The number of amides is 3. The summed E-state index contributed by atoms with van der Waals surface area (Å²) in [4.78, 5) is 38.7. The molecule has 1 aliphatic carbocycles. The number of likely N-dealkylation sites (tertiary alicyclic amines) is 1. The fourth-order valence-electron chi connectivity index (χ4n) is 4.86. The van der Waals surface area contributed by atoms with Gasteiger partial charge in [0.25, 0.3) is 0 Å². The van der Waals surface area contributed by atoms with E-state index in [1.807, 2.05) is 36.4 Å². The van der Waals surface area contributed by atoms with Crippen molar-refractivity contribution in [3.05, 3.63) is 83.4 Å². The maximum Gasteiger partial charge on any atom is 0.335 e. The largest absolute Gasteiger partial charge is 0.478 e. The molecule has 0 spiro atoms. The van der Waals surface area contributed by atoms with E-state index in [0.29, 0.717) is 24.6 Å². The fourth-order valence-corrected chi connectivity index (χ4v) is 4.86. The number of hydrogen-bond donors (Lipinski definition) is 3. The third-order valence-electron chi connectivity index (χ3n) is 6.97. The highest BCUT2D eigenvalue weighted by Crippen LogP contribution is 2.42. The molecule has 2 fully saturated rings. The van der Waals surface area contributed by atoms with Crippen molar-refractivity contribution >= 4 is 29.3 Å². The van der Waals surface area contributed by atoms with Crippen LogP contribution in [0.2, 0.25) is 0 Å². The van der Waals surface area contributed by atoms with Crippen molar-refractivity contribution in [2.75, 3.05) is 17.2 Å². The van der Waals surface area contributed by atoms with E-state index >= 15 is 0 Å². The van der Waals surface area contributed by atoms with Gasteiger partial charge in [0, 0.05) is 17.9 Å². The average Bonchev–Trinajstić information content (AvgIpc) is 3.58. The molecule has 3 amide bonds. The Labute approximate surface area is 210 Å². The topological polar surface area (TPSA) is 98.7 Å². The van der Waals surface area contributed by atoms with Crippen LogP contribution < -0.4 is 10.6 Å². The lowest BCUT2D eigenvalue weighted by molar-refractivity contribution is -0.119. The molecule has 0 unspecified atom stereocenters. The molecule has 3 aromatic carbocycles. The lowest BCUT2D eigenvalue weighted by atomic mass is 10.0. The first-order valence-electron chi connectivity index (χ1n) is 12.3. The van der Waals surface area contributed by atoms with E-state index in [1.165, 1.54) is 24.0 Å². The molecule has 3 aromatic rings. The Balaban J connectivity index is 1.21. The second-order valence-corrected chi connectivity index (χ2v) is 9.58. The van der Waals surface area contributed by atoms with Crippen LogP contribution in [0.15, 0.2) is 66.7 Å². The summed E-state index contributed by atoms with van der Waals surface area (Å²) in [5.74, 6) is -0.509. The number of carbonyl (C=O) groups is 3. The molecule has 7 nitrogen and oxygen atoms in total. The standard InChI is InChI=1S/C29H29N3O4/c1-18-17-24(14-15-25(18)21-6-7-21)31-29(36)32-16-2-3-26(32)27(33)30-23-12-10-20(11-13-23)19-4-8-22(9-5-19)28(34)35/h4-5,8-15,17,21,26H,2-3,6-7,16H2,1H3,(H,30,33)(H,31,36)(H,34,35)/t26-/m1/s1. The first-order valence-corrected chi connectivity index (χ1v) is 12.3. The lowest BCUT2D eigenvalue weighted by Crippen LogP contribution is -2.45. The van der Waals surface area contributed by atoms with Gasteiger partial charge in [0.05, 0.1) is 5.56 Å². The third kappa shape index (κ3) is 5.10. The molecule has 3 N–H and O–H groups in total. The summed E-state index contributed by atoms with van der Waals surface area (Å²) in [6.07, 6.45) is 3.86. The van der Waals surface area contributed by atoms with Crippen LogP contribution in [-0.4, -0.2) is 40.5 Å². The zero-order valence-corrected chi connectivity index (χ0v) is 20.2. The van der Waals surface area contributed by atoms with Crippen LogP contribution in [0.5, 0.6) is 0 Å². The van der Waals surface area contributed by atoms with E-state index < -0.39 is 12.0 Å². The number of anilines is 2. The van der Waals surface area contributed by atoms with Gasteiger partial charge in [0.1, 0.15) is 6.04 Å². The molecule has 184 valence electrons. The van der Waals surface area contributed by atoms with Gasteiger partial charge in [-0.15, -0.1) is 0 Å². The van der Waals surface area contributed by atoms with Gasteiger partial charge in [-0.05, 0) is 97.2 Å². The molecule has 0 radical (unpaired) electrons. The van der Waals surface area contributed by atoms with E-state index in [2.05, 4.69) is 23.6 Å². The van der Waals surface area contributed by atoms with Gasteiger partial charge in [-0.2, -0.15) is 0 Å². The molecule has 1 atom stereocenters. The number of rotatable bonds is 6. The number of hydrogen-bond acceptors (Lipinski definition) is 3. The number of carboxylic acids is 1. The molecule has 7 heteroatoms. The molecule has 1 saturated heterocycles. The summed E-state index contributed by atoms with van der Waals surface area (Å²) in [5.41, 5.74) is 5.97. The molecule has 0 bridgehead atoms. The Kier molecular flexibility index (Phi) is 6.46. The second kappa shape index (κ2) is 9.85. The molecule has 2 aliphatic rings. The SMILES string of the molecule is Cc1cc(NC(=O)N2CCC[C@@H]2C(=O)Nc2ccc(-c3ccc(C(=O)O)cc3)cc2)ccc1C1CC1. The number of carboxylic acid groups (broad SMARTS) is 1. The quantitative estimate of drug-likeness (QED) is 0.408. The number of aromatic carboxylic acids is 1. The predicted molar refractivity (Wildman–Crippen MR) is 139 cm³/mol. The maximum absolute atomic E-state index is 13.0. The van der Waals surface area contributed by atoms with Crippen LogP contribution in [0.3, 0.4) is 0 Å². The summed E-state index contributed by atoms with van der Waals surface area (Å²) < 4.78 is 0. The molecule has 36 heavy (non-hydrogen) atoms. The van der Waals surface area contributed by atoms with Crippen molar-refractivity contribution in [3.63, 3.8) is 0 Å². The monoisotopic (exact) mass is 483 g/mol. The number of nitrogens with zero attached hydrogens (tertiary/aromatic N) is 1. The van der Waals surface area contributed by atoms with Gasteiger partial charge in [0.15, 0.2) is 0 Å². The minimum Gasteiger partial charge on any atom is -0.478 e. The van der Waals surface area contributed by atoms with E-state index in [4.69, 9.17) is 5.11 Å². The number of benzene rings is 3. The first-order chi connectivity index (χ1) is 17.4. The average molecular weight is 484 g/mol. The van der Waals surface area contributed by atoms with Crippen LogP contribution in [0, 0.1) is 6.92 Å². The highest BCUT2D eigenvalue weighted by atomic mass is 16.4. The Morgan fingerprint density at radius 2 is 1.47 bits per heavy atom. The van der Waals surface area contributed by atoms with Gasteiger partial charge in [-0.25, -0.2) is 9.59 Å². The first kappa shape index (κ1) is 23.6. The van der Waals surface area contributed by atoms with E-state index in [1.54, 1.807) is 29.2 Å². The number of nitrogens with one attached hydrogen (secondary N) is 2. The molecule has 1 saturated carbocycles. The van der Waals surface area contributed by atoms with Gasteiger partial charge in [-0.1, -0.05) is 30.3 Å². The maximum atomic E-state index is 13.0. The van der Waals surface area contributed by atoms with Gasteiger partial charge >= 0.3 is 12.0 Å². The summed E-state index contributed by atoms with van der Waals surface area (Å²) in [6.45, 7) is 2.61. The molecule has 1 heterocycles. The number of urea groups is 1. The van der Waals surface area contributed by atoms with Crippen molar-refractivity contribution in [1.82, 2.24) is 4.90 Å². The summed E-state index contributed by atoms with van der Waals surface area (Å²) in [7, 11) is 0. The Morgan fingerprint density at radius 3 is 2.08 bits per heavy atom. The van der Waals surface area contributed by atoms with Gasteiger partial charge < -0.3 is 20.6 Å². The highest BCUT2D eigenvalue weighted by molar-refractivity contribution is 5.99. The van der Waals surface area contributed by atoms with Crippen molar-refractivity contribution in [3.8, 4) is 11.1 Å². The van der Waals surface area contributed by atoms with E-state index in [0.717, 1.165) is 23.2 Å². The summed E-state index contributed by atoms with van der Waals surface area (Å²) in [6, 6.07) is 19.3. The van der Waals surface area contributed by atoms with Crippen LogP contribution in [0.25, 0.3) is 11.1 Å². The molecular formula is C29H29N3O4. The minimum atomic E-state index is -0.962.